The maximum atomic E-state index is 7.16. The molecule has 2 saturated heterocycles. The number of hydrogen-bond acceptors (Lipinski definition) is 6. The summed E-state index contributed by atoms with van der Waals surface area (Å²) in [5.41, 5.74) is 0. The molecule has 206 valence electrons. The van der Waals surface area contributed by atoms with Gasteiger partial charge >= 0.3 is 0 Å². The standard InChI is InChI=1S/C31H42O6Si/c1-8-32-27(33-9-2)21-20-25-28-29(37-31(6,7)36-28)26(35-25)22-34-38(30(3,4)5,23-16-12-10-13-17-23)24-18-14-11-15-19-24/h10-19,25-29H,8-9,22H2,1-7H3/t25-,26-,28-,29+/m0/s1. The quantitative estimate of drug-likeness (QED) is 0.270. The summed E-state index contributed by atoms with van der Waals surface area (Å²) in [6.07, 6.45) is -2.03. The molecule has 38 heavy (non-hydrogen) atoms. The van der Waals surface area contributed by atoms with Crippen LogP contribution in [0.3, 0.4) is 0 Å². The van der Waals surface area contributed by atoms with E-state index < -0.39 is 26.5 Å². The molecule has 0 aliphatic carbocycles. The Hall–Kier alpha value is -2.02. The maximum absolute atomic E-state index is 7.16. The van der Waals surface area contributed by atoms with Crippen LogP contribution in [-0.4, -0.2) is 64.6 Å². The zero-order chi connectivity index (χ0) is 27.4. The van der Waals surface area contributed by atoms with E-state index in [1.54, 1.807) is 0 Å². The molecule has 4 atom stereocenters. The van der Waals surface area contributed by atoms with Gasteiger partial charge in [0.05, 0.1) is 6.61 Å². The van der Waals surface area contributed by atoms with Crippen LogP contribution in [0, 0.1) is 11.8 Å². The Balaban J connectivity index is 1.65. The van der Waals surface area contributed by atoms with Crippen molar-refractivity contribution in [3.63, 3.8) is 0 Å². The fourth-order valence-electron chi connectivity index (χ4n) is 5.49. The lowest BCUT2D eigenvalue weighted by Crippen LogP contribution is -2.67. The lowest BCUT2D eigenvalue weighted by atomic mass is 10.1. The fourth-order valence-corrected chi connectivity index (χ4v) is 10.1. The Morgan fingerprint density at radius 2 is 1.39 bits per heavy atom. The lowest BCUT2D eigenvalue weighted by molar-refractivity contribution is -0.183. The summed E-state index contributed by atoms with van der Waals surface area (Å²) in [6.45, 7) is 15.9. The van der Waals surface area contributed by atoms with Crippen LogP contribution < -0.4 is 10.4 Å². The summed E-state index contributed by atoms with van der Waals surface area (Å²) in [4.78, 5) is 0. The molecule has 6 nitrogen and oxygen atoms in total. The first kappa shape index (κ1) is 29.0. The van der Waals surface area contributed by atoms with Gasteiger partial charge in [0.25, 0.3) is 8.32 Å². The van der Waals surface area contributed by atoms with Gasteiger partial charge in [-0.2, -0.15) is 0 Å². The second kappa shape index (κ2) is 12.0. The van der Waals surface area contributed by atoms with E-state index in [1.807, 2.05) is 39.8 Å². The molecule has 2 heterocycles. The van der Waals surface area contributed by atoms with E-state index in [0.29, 0.717) is 19.8 Å². The molecule has 0 radical (unpaired) electrons. The van der Waals surface area contributed by atoms with Gasteiger partial charge in [-0.25, -0.2) is 0 Å². The third-order valence-electron chi connectivity index (χ3n) is 7.01. The van der Waals surface area contributed by atoms with Crippen molar-refractivity contribution in [3.8, 4) is 11.8 Å². The molecule has 2 aromatic carbocycles. The van der Waals surface area contributed by atoms with E-state index in [1.165, 1.54) is 10.4 Å². The molecule has 0 bridgehead atoms. The molecule has 7 heteroatoms. The van der Waals surface area contributed by atoms with Gasteiger partial charge in [-0.15, -0.1) is 0 Å². The van der Waals surface area contributed by atoms with Crippen LogP contribution in [0.5, 0.6) is 0 Å². The van der Waals surface area contributed by atoms with Gasteiger partial charge in [0.2, 0.25) is 6.29 Å². The molecule has 2 aliphatic rings. The Bertz CT molecular complexity index is 1040. The summed E-state index contributed by atoms with van der Waals surface area (Å²) in [5, 5.41) is 2.32. The van der Waals surface area contributed by atoms with E-state index in [0.717, 1.165) is 0 Å². The van der Waals surface area contributed by atoms with Gasteiger partial charge in [-0.3, -0.25) is 0 Å². The van der Waals surface area contributed by atoms with Crippen molar-refractivity contribution in [3.05, 3.63) is 60.7 Å². The van der Waals surface area contributed by atoms with Crippen LogP contribution >= 0.6 is 0 Å². The second-order valence-electron chi connectivity index (χ2n) is 11.2. The molecule has 0 aromatic heterocycles. The van der Waals surface area contributed by atoms with Crippen molar-refractivity contribution in [2.45, 2.75) is 90.0 Å². The van der Waals surface area contributed by atoms with Gasteiger partial charge in [0, 0.05) is 13.2 Å². The second-order valence-corrected chi connectivity index (χ2v) is 15.5. The van der Waals surface area contributed by atoms with Crippen LogP contribution in [0.15, 0.2) is 60.7 Å². The van der Waals surface area contributed by atoms with Crippen LogP contribution in [0.25, 0.3) is 0 Å². The summed E-state index contributed by atoms with van der Waals surface area (Å²) in [5.74, 6) is 5.57. The first-order valence-corrected chi connectivity index (χ1v) is 15.5. The minimum absolute atomic E-state index is 0.137. The molecular weight excluding hydrogens is 496 g/mol. The van der Waals surface area contributed by atoms with Crippen molar-refractivity contribution in [2.75, 3.05) is 19.8 Å². The SMILES string of the molecule is CCOC(C#C[C@@H]1O[C@@H](CO[Si](c2ccccc2)(c2ccccc2)C(C)(C)C)[C@H]2OC(C)(C)O[C@H]21)OCC. The van der Waals surface area contributed by atoms with Crippen molar-refractivity contribution >= 4 is 18.7 Å². The van der Waals surface area contributed by atoms with Crippen LogP contribution in [0.4, 0.5) is 0 Å². The van der Waals surface area contributed by atoms with Gasteiger partial charge in [0.1, 0.15) is 24.4 Å². The van der Waals surface area contributed by atoms with E-state index in [-0.39, 0.29) is 23.4 Å². The Kier molecular flexibility index (Phi) is 9.16. The van der Waals surface area contributed by atoms with Crippen molar-refractivity contribution in [1.82, 2.24) is 0 Å². The van der Waals surface area contributed by atoms with Gasteiger partial charge < -0.3 is 28.1 Å². The molecule has 2 aliphatic heterocycles. The molecule has 0 N–H and O–H groups in total. The minimum atomic E-state index is -2.73. The zero-order valence-electron chi connectivity index (χ0n) is 23.7. The topological polar surface area (TPSA) is 55.4 Å². The minimum Gasteiger partial charge on any atom is -0.405 e. The van der Waals surface area contributed by atoms with Gasteiger partial charge in [-0.05, 0) is 49.0 Å². The Morgan fingerprint density at radius 3 is 1.89 bits per heavy atom. The number of fused-ring (bicyclic) bond motifs is 1. The molecule has 0 unspecified atom stereocenters. The molecule has 0 spiro atoms. The number of rotatable bonds is 9. The molecule has 2 aromatic rings. The third kappa shape index (κ3) is 6.08. The van der Waals surface area contributed by atoms with Gasteiger partial charge in [0.15, 0.2) is 5.79 Å². The molecule has 0 amide bonds. The third-order valence-corrected chi connectivity index (χ3v) is 12.0. The number of ether oxygens (including phenoxy) is 5. The monoisotopic (exact) mass is 538 g/mol. The van der Waals surface area contributed by atoms with E-state index in [9.17, 15) is 0 Å². The average molecular weight is 539 g/mol. The maximum Gasteiger partial charge on any atom is 0.261 e. The molecule has 0 saturated carbocycles. The predicted octanol–water partition coefficient (Wildman–Crippen LogP) is 4.25. The Labute approximate surface area is 229 Å². The average Bonchev–Trinajstić information content (AvgIpc) is 3.36. The Morgan fingerprint density at radius 1 is 0.868 bits per heavy atom. The predicted molar refractivity (Wildman–Crippen MR) is 151 cm³/mol. The fraction of sp³-hybridized carbons (Fsp3) is 0.548. The van der Waals surface area contributed by atoms with Crippen molar-refractivity contribution < 1.29 is 28.1 Å². The first-order chi connectivity index (χ1) is 18.1. The smallest absolute Gasteiger partial charge is 0.261 e. The lowest BCUT2D eigenvalue weighted by Gasteiger charge is -2.43. The van der Waals surface area contributed by atoms with Crippen LogP contribution in [-0.2, 0) is 28.1 Å². The summed E-state index contributed by atoms with van der Waals surface area (Å²) in [6, 6.07) is 21.2. The first-order valence-electron chi connectivity index (χ1n) is 13.6. The van der Waals surface area contributed by atoms with Crippen LogP contribution in [0.2, 0.25) is 5.04 Å². The largest absolute Gasteiger partial charge is 0.405 e. The number of hydrogen-bond donors (Lipinski definition) is 0. The normalized spacial score (nSPS) is 24.7. The van der Waals surface area contributed by atoms with E-state index in [2.05, 4.69) is 81.1 Å². The molecular formula is C31H42O6Si. The highest BCUT2D eigenvalue weighted by atomic mass is 28.4. The van der Waals surface area contributed by atoms with E-state index in [4.69, 9.17) is 28.1 Å². The van der Waals surface area contributed by atoms with E-state index >= 15 is 0 Å². The van der Waals surface area contributed by atoms with Crippen molar-refractivity contribution in [2.24, 2.45) is 0 Å². The molecule has 2 fully saturated rings. The number of benzene rings is 2. The zero-order valence-corrected chi connectivity index (χ0v) is 24.7. The molecule has 4 rings (SSSR count). The highest BCUT2D eigenvalue weighted by molar-refractivity contribution is 6.99. The van der Waals surface area contributed by atoms with Crippen molar-refractivity contribution in [1.29, 1.82) is 0 Å². The highest BCUT2D eigenvalue weighted by Crippen LogP contribution is 2.41. The highest BCUT2D eigenvalue weighted by Gasteiger charge is 2.57. The summed E-state index contributed by atoms with van der Waals surface area (Å²) >= 11 is 0. The van der Waals surface area contributed by atoms with Crippen LogP contribution in [0.1, 0.15) is 48.5 Å². The summed E-state index contributed by atoms with van der Waals surface area (Å²) in [7, 11) is -2.73. The van der Waals surface area contributed by atoms with Gasteiger partial charge in [-0.1, -0.05) is 87.4 Å². The summed E-state index contributed by atoms with van der Waals surface area (Å²) < 4.78 is 37.4.